The molecule has 4 rings (SSSR count). The van der Waals surface area contributed by atoms with Gasteiger partial charge in [0.2, 0.25) is 0 Å². The summed E-state index contributed by atoms with van der Waals surface area (Å²) in [5.41, 5.74) is 1.29. The van der Waals surface area contributed by atoms with Crippen LogP contribution >= 0.6 is 11.3 Å². The molecule has 0 aromatic carbocycles. The second-order valence-electron chi connectivity index (χ2n) is 6.08. The fourth-order valence-electron chi connectivity index (χ4n) is 3.98. The van der Waals surface area contributed by atoms with Gasteiger partial charge in [0.15, 0.2) is 5.13 Å². The highest BCUT2D eigenvalue weighted by molar-refractivity contribution is 7.18. The van der Waals surface area contributed by atoms with Gasteiger partial charge in [0.1, 0.15) is 6.20 Å². The third-order valence-electron chi connectivity index (χ3n) is 4.89. The summed E-state index contributed by atoms with van der Waals surface area (Å²) in [4.78, 5) is 17.1. The number of piperidine rings is 1. The maximum atomic E-state index is 10.9. The molecule has 2 aliphatic heterocycles. The maximum Gasteiger partial charge on any atom is 0.345 e. The molecule has 2 aromatic rings. The number of rotatable bonds is 3. The molecule has 22 heavy (non-hydrogen) atoms. The van der Waals surface area contributed by atoms with Gasteiger partial charge in [-0.2, -0.15) is 5.10 Å². The molecule has 116 valence electrons. The minimum Gasteiger partial charge on any atom is -0.342 e. The van der Waals surface area contributed by atoms with Gasteiger partial charge in [-0.15, -0.1) is 0 Å². The Bertz CT molecular complexity index is 698. The van der Waals surface area contributed by atoms with Gasteiger partial charge < -0.3 is 4.90 Å². The molecule has 2 fully saturated rings. The van der Waals surface area contributed by atoms with Gasteiger partial charge in [-0.3, -0.25) is 14.8 Å². The molecule has 2 aliphatic rings. The van der Waals surface area contributed by atoms with E-state index in [2.05, 4.69) is 21.0 Å². The molecule has 4 heterocycles. The number of thiazole rings is 1. The number of nitrogens with zero attached hydrogens (tertiary/aromatic N) is 5. The van der Waals surface area contributed by atoms with Crippen molar-refractivity contribution in [1.82, 2.24) is 14.8 Å². The lowest BCUT2D eigenvalue weighted by atomic mass is 9.88. The summed E-state index contributed by atoms with van der Waals surface area (Å²) in [6.45, 7) is 0. The first kappa shape index (κ1) is 13.7. The average molecular weight is 319 g/mol. The van der Waals surface area contributed by atoms with Crippen LogP contribution in [0.2, 0.25) is 0 Å². The zero-order valence-electron chi connectivity index (χ0n) is 12.3. The van der Waals surface area contributed by atoms with E-state index in [1.54, 1.807) is 0 Å². The van der Waals surface area contributed by atoms with E-state index in [4.69, 9.17) is 0 Å². The van der Waals surface area contributed by atoms with E-state index in [-0.39, 0.29) is 9.92 Å². The lowest BCUT2D eigenvalue weighted by molar-refractivity contribution is -0.380. The Labute approximate surface area is 131 Å². The molecule has 2 aromatic heterocycles. The maximum absolute atomic E-state index is 10.9. The van der Waals surface area contributed by atoms with Gasteiger partial charge in [-0.25, -0.2) is 4.98 Å². The molecular formula is C14H17N5O2S. The van der Waals surface area contributed by atoms with Crippen LogP contribution in [0.15, 0.2) is 18.5 Å². The van der Waals surface area contributed by atoms with E-state index < -0.39 is 0 Å². The van der Waals surface area contributed by atoms with E-state index in [0.29, 0.717) is 18.0 Å². The van der Waals surface area contributed by atoms with Crippen molar-refractivity contribution < 1.29 is 4.92 Å². The third kappa shape index (κ3) is 2.09. The zero-order chi connectivity index (χ0) is 15.3. The second-order valence-corrected chi connectivity index (χ2v) is 7.07. The monoisotopic (exact) mass is 319 g/mol. The van der Waals surface area contributed by atoms with Crippen molar-refractivity contribution in [1.29, 1.82) is 0 Å². The smallest absolute Gasteiger partial charge is 0.342 e. The standard InChI is InChI=1S/C14H17N5O2S/c1-17-12(4-5-16-17)9-6-10-2-3-11(7-9)18(10)14-15-8-13(22-14)19(20)21/h4-5,8-11H,2-3,6-7H2,1H3. The molecule has 0 saturated carbocycles. The first-order valence-electron chi connectivity index (χ1n) is 7.50. The number of aromatic nitrogens is 3. The Morgan fingerprint density at radius 3 is 2.64 bits per heavy atom. The van der Waals surface area contributed by atoms with Gasteiger partial charge in [0, 0.05) is 36.9 Å². The Balaban J connectivity index is 1.58. The predicted molar refractivity (Wildman–Crippen MR) is 83.2 cm³/mol. The molecule has 2 unspecified atom stereocenters. The normalized spacial score (nSPS) is 27.3. The van der Waals surface area contributed by atoms with Crippen LogP contribution in [-0.2, 0) is 7.05 Å². The molecule has 0 N–H and O–H groups in total. The summed E-state index contributed by atoms with van der Waals surface area (Å²) in [7, 11) is 1.99. The molecule has 0 amide bonds. The van der Waals surface area contributed by atoms with E-state index in [0.717, 1.165) is 30.8 Å². The third-order valence-corrected chi connectivity index (χ3v) is 5.85. The van der Waals surface area contributed by atoms with Crippen molar-refractivity contribution in [2.75, 3.05) is 4.90 Å². The second kappa shape index (κ2) is 5.05. The first-order chi connectivity index (χ1) is 10.6. The van der Waals surface area contributed by atoms with Crippen molar-refractivity contribution in [2.45, 2.75) is 43.7 Å². The number of hydrogen-bond acceptors (Lipinski definition) is 6. The first-order valence-corrected chi connectivity index (χ1v) is 8.31. The molecular weight excluding hydrogens is 302 g/mol. The highest BCUT2D eigenvalue weighted by Gasteiger charge is 2.43. The molecule has 2 bridgehead atoms. The zero-order valence-corrected chi connectivity index (χ0v) is 13.1. The summed E-state index contributed by atoms with van der Waals surface area (Å²) < 4.78 is 1.97. The van der Waals surface area contributed by atoms with Gasteiger partial charge in [-0.1, -0.05) is 0 Å². The van der Waals surface area contributed by atoms with Gasteiger partial charge >= 0.3 is 5.00 Å². The lowest BCUT2D eigenvalue weighted by Crippen LogP contribution is -2.42. The number of nitro groups is 1. The fourth-order valence-corrected chi connectivity index (χ4v) is 4.85. The molecule has 0 spiro atoms. The number of aryl methyl sites for hydroxylation is 1. The quantitative estimate of drug-likeness (QED) is 0.642. The minimum absolute atomic E-state index is 0.128. The number of anilines is 1. The van der Waals surface area contributed by atoms with Crippen LogP contribution < -0.4 is 4.90 Å². The lowest BCUT2D eigenvalue weighted by Gasteiger charge is -2.38. The van der Waals surface area contributed by atoms with E-state index in [9.17, 15) is 10.1 Å². The van der Waals surface area contributed by atoms with Crippen LogP contribution in [0.3, 0.4) is 0 Å². The van der Waals surface area contributed by atoms with Gasteiger partial charge in [0.25, 0.3) is 0 Å². The SMILES string of the molecule is Cn1nccc1C1CC2CCC(C1)N2c1ncc([N+](=O)[O-])s1. The number of fused-ring (bicyclic) bond motifs is 2. The molecule has 2 saturated heterocycles. The Morgan fingerprint density at radius 1 is 1.36 bits per heavy atom. The van der Waals surface area contributed by atoms with Crippen LogP contribution in [0.25, 0.3) is 0 Å². The Hall–Kier alpha value is -1.96. The van der Waals surface area contributed by atoms with Crippen molar-refractivity contribution in [2.24, 2.45) is 7.05 Å². The van der Waals surface area contributed by atoms with Crippen molar-refractivity contribution in [3.05, 3.63) is 34.3 Å². The van der Waals surface area contributed by atoms with E-state index in [1.807, 2.05) is 17.9 Å². The molecule has 0 aliphatic carbocycles. The Kier molecular flexibility index (Phi) is 3.14. The van der Waals surface area contributed by atoms with Crippen LogP contribution in [-0.4, -0.2) is 31.8 Å². The minimum atomic E-state index is -0.356. The summed E-state index contributed by atoms with van der Waals surface area (Å²) in [6, 6.07) is 2.97. The topological polar surface area (TPSA) is 77.1 Å². The molecule has 7 nitrogen and oxygen atoms in total. The highest BCUT2D eigenvalue weighted by atomic mass is 32.1. The van der Waals surface area contributed by atoms with Crippen molar-refractivity contribution in [3.8, 4) is 0 Å². The predicted octanol–water partition coefficient (Wildman–Crippen LogP) is 2.70. The van der Waals surface area contributed by atoms with Crippen molar-refractivity contribution >= 4 is 21.5 Å². The summed E-state index contributed by atoms with van der Waals surface area (Å²) in [5.74, 6) is 0.524. The van der Waals surface area contributed by atoms with Crippen molar-refractivity contribution in [3.63, 3.8) is 0 Å². The number of hydrogen-bond donors (Lipinski definition) is 0. The Morgan fingerprint density at radius 2 is 2.09 bits per heavy atom. The summed E-state index contributed by atoms with van der Waals surface area (Å²) >= 11 is 1.20. The summed E-state index contributed by atoms with van der Waals surface area (Å²) in [5, 5.41) is 16.1. The molecule has 0 radical (unpaired) electrons. The molecule has 2 atom stereocenters. The average Bonchev–Trinajstić information content (AvgIpc) is 3.17. The molecule has 8 heteroatoms. The van der Waals surface area contributed by atoms with Crippen LogP contribution in [0, 0.1) is 10.1 Å². The largest absolute Gasteiger partial charge is 0.345 e. The van der Waals surface area contributed by atoms with E-state index >= 15 is 0 Å². The summed E-state index contributed by atoms with van der Waals surface area (Å²) in [6.07, 6.45) is 7.67. The van der Waals surface area contributed by atoms with Crippen LogP contribution in [0.1, 0.15) is 37.3 Å². The van der Waals surface area contributed by atoms with E-state index in [1.165, 1.54) is 23.2 Å². The van der Waals surface area contributed by atoms with Gasteiger partial charge in [0.05, 0.1) is 4.92 Å². The van der Waals surface area contributed by atoms with Gasteiger partial charge in [-0.05, 0) is 43.1 Å². The van der Waals surface area contributed by atoms with Crippen LogP contribution in [0.4, 0.5) is 10.1 Å². The highest BCUT2D eigenvalue weighted by Crippen LogP contribution is 2.46. The fraction of sp³-hybridized carbons (Fsp3) is 0.571. The van der Waals surface area contributed by atoms with Crippen LogP contribution in [0.5, 0.6) is 0 Å².